The Morgan fingerprint density at radius 3 is 2.80 bits per heavy atom. The maximum atomic E-state index is 13.2. The van der Waals surface area contributed by atoms with Crippen LogP contribution in [-0.4, -0.2) is 31.6 Å². The minimum atomic E-state index is -0.280. The molecule has 8 heteroatoms. The van der Waals surface area contributed by atoms with Crippen LogP contribution in [0.2, 0.25) is 0 Å². The van der Waals surface area contributed by atoms with Crippen molar-refractivity contribution in [2.75, 3.05) is 11.1 Å². The molecule has 1 amide bonds. The van der Waals surface area contributed by atoms with Crippen molar-refractivity contribution in [3.8, 4) is 5.69 Å². The summed E-state index contributed by atoms with van der Waals surface area (Å²) in [5, 5.41) is 14.3. The molecular formula is C17H16FN5OS. The number of aryl methyl sites for hydroxylation is 1. The average molecular weight is 357 g/mol. The highest BCUT2D eigenvalue weighted by molar-refractivity contribution is 8.00. The zero-order valence-electron chi connectivity index (χ0n) is 13.7. The van der Waals surface area contributed by atoms with Gasteiger partial charge in [0, 0.05) is 16.8 Å². The molecule has 0 fully saturated rings. The number of halogens is 1. The van der Waals surface area contributed by atoms with Crippen LogP contribution in [0, 0.1) is 19.7 Å². The SMILES string of the molecule is Cc1nn(-c2ccc(F)cc2)c(C)c1C1SCC(=O)Nc2[nH]ncc21. The third kappa shape index (κ3) is 2.72. The van der Waals surface area contributed by atoms with Crippen molar-refractivity contribution in [3.63, 3.8) is 0 Å². The lowest BCUT2D eigenvalue weighted by Gasteiger charge is -2.14. The van der Waals surface area contributed by atoms with Crippen LogP contribution in [0.4, 0.5) is 10.2 Å². The van der Waals surface area contributed by atoms with Gasteiger partial charge in [0.05, 0.1) is 28.6 Å². The monoisotopic (exact) mass is 357 g/mol. The molecule has 3 aromatic rings. The van der Waals surface area contributed by atoms with Gasteiger partial charge in [-0.15, -0.1) is 11.8 Å². The van der Waals surface area contributed by atoms with Gasteiger partial charge in [-0.1, -0.05) is 0 Å². The van der Waals surface area contributed by atoms with Crippen LogP contribution >= 0.6 is 11.8 Å². The van der Waals surface area contributed by atoms with Gasteiger partial charge in [-0.05, 0) is 38.1 Å². The molecule has 0 radical (unpaired) electrons. The van der Waals surface area contributed by atoms with Crippen LogP contribution in [0.5, 0.6) is 0 Å². The summed E-state index contributed by atoms with van der Waals surface area (Å²) in [5.41, 5.74) is 4.62. The molecule has 0 spiro atoms. The van der Waals surface area contributed by atoms with E-state index in [1.54, 1.807) is 30.1 Å². The fourth-order valence-corrected chi connectivity index (χ4v) is 4.38. The molecule has 4 rings (SSSR count). The largest absolute Gasteiger partial charge is 0.310 e. The highest BCUT2D eigenvalue weighted by atomic mass is 32.2. The van der Waals surface area contributed by atoms with E-state index in [9.17, 15) is 9.18 Å². The van der Waals surface area contributed by atoms with Crippen LogP contribution < -0.4 is 5.32 Å². The molecule has 1 aromatic carbocycles. The zero-order chi connectivity index (χ0) is 17.6. The summed E-state index contributed by atoms with van der Waals surface area (Å²) in [7, 11) is 0. The molecule has 0 bridgehead atoms. The van der Waals surface area contributed by atoms with E-state index in [4.69, 9.17) is 0 Å². The van der Waals surface area contributed by atoms with E-state index < -0.39 is 0 Å². The van der Waals surface area contributed by atoms with Crippen molar-refractivity contribution >= 4 is 23.5 Å². The Labute approximate surface area is 147 Å². The molecule has 0 saturated carbocycles. The van der Waals surface area contributed by atoms with Gasteiger partial charge in [-0.25, -0.2) is 9.07 Å². The molecule has 3 heterocycles. The molecule has 128 valence electrons. The highest BCUT2D eigenvalue weighted by Crippen LogP contribution is 2.43. The van der Waals surface area contributed by atoms with Crippen LogP contribution in [0.15, 0.2) is 30.5 Å². The number of aromatic nitrogens is 4. The molecule has 0 aliphatic carbocycles. The van der Waals surface area contributed by atoms with E-state index in [1.165, 1.54) is 12.1 Å². The molecule has 25 heavy (non-hydrogen) atoms. The van der Waals surface area contributed by atoms with Crippen molar-refractivity contribution in [2.24, 2.45) is 0 Å². The van der Waals surface area contributed by atoms with Gasteiger partial charge in [0.1, 0.15) is 11.6 Å². The number of amides is 1. The first kappa shape index (κ1) is 15.9. The Kier molecular flexibility index (Phi) is 3.84. The summed E-state index contributed by atoms with van der Waals surface area (Å²) in [5.74, 6) is 0.651. The first-order chi connectivity index (χ1) is 12.0. The molecule has 1 unspecified atom stereocenters. The molecule has 6 nitrogen and oxygen atoms in total. The lowest BCUT2D eigenvalue weighted by Crippen LogP contribution is -2.12. The van der Waals surface area contributed by atoms with E-state index in [0.717, 1.165) is 28.2 Å². The van der Waals surface area contributed by atoms with Crippen molar-refractivity contribution < 1.29 is 9.18 Å². The maximum Gasteiger partial charge on any atom is 0.235 e. The third-order valence-electron chi connectivity index (χ3n) is 4.28. The third-order valence-corrected chi connectivity index (χ3v) is 5.53. The molecule has 1 atom stereocenters. The predicted molar refractivity (Wildman–Crippen MR) is 94.5 cm³/mol. The fraction of sp³-hybridized carbons (Fsp3) is 0.235. The number of carbonyl (C=O) groups is 1. The second-order valence-corrected chi connectivity index (χ2v) is 7.01. The number of aromatic amines is 1. The number of nitrogens with one attached hydrogen (secondary N) is 2. The summed E-state index contributed by atoms with van der Waals surface area (Å²) in [6.07, 6.45) is 1.74. The number of fused-ring (bicyclic) bond motifs is 1. The molecule has 2 N–H and O–H groups in total. The first-order valence-corrected chi connectivity index (χ1v) is 8.86. The van der Waals surface area contributed by atoms with Gasteiger partial charge in [0.25, 0.3) is 0 Å². The van der Waals surface area contributed by atoms with Crippen LogP contribution in [0.25, 0.3) is 5.69 Å². The van der Waals surface area contributed by atoms with Crippen LogP contribution in [-0.2, 0) is 4.79 Å². The summed E-state index contributed by atoms with van der Waals surface area (Å²) in [6.45, 7) is 3.93. The smallest absolute Gasteiger partial charge is 0.235 e. The fourth-order valence-electron chi connectivity index (χ4n) is 3.13. The molecule has 1 aliphatic rings. The molecule has 0 saturated heterocycles. The Morgan fingerprint density at radius 1 is 1.28 bits per heavy atom. The first-order valence-electron chi connectivity index (χ1n) is 7.81. The maximum absolute atomic E-state index is 13.2. The number of anilines is 1. The number of rotatable bonds is 2. The molecule has 1 aliphatic heterocycles. The van der Waals surface area contributed by atoms with E-state index >= 15 is 0 Å². The lowest BCUT2D eigenvalue weighted by molar-refractivity contribution is -0.113. The van der Waals surface area contributed by atoms with Gasteiger partial charge in [-0.3, -0.25) is 9.89 Å². The predicted octanol–water partition coefficient (Wildman–Crippen LogP) is 3.13. The van der Waals surface area contributed by atoms with Gasteiger partial charge in [0.2, 0.25) is 5.91 Å². The number of hydrogen-bond acceptors (Lipinski definition) is 4. The quantitative estimate of drug-likeness (QED) is 0.739. The normalized spacial score (nSPS) is 17.1. The van der Waals surface area contributed by atoms with Crippen molar-refractivity contribution in [1.82, 2.24) is 20.0 Å². The Morgan fingerprint density at radius 2 is 2.04 bits per heavy atom. The summed E-state index contributed by atoms with van der Waals surface area (Å²) in [6, 6.07) is 6.24. The van der Waals surface area contributed by atoms with E-state index in [2.05, 4.69) is 20.6 Å². The van der Waals surface area contributed by atoms with Crippen LogP contribution in [0.1, 0.15) is 27.8 Å². The number of hydrogen-bond donors (Lipinski definition) is 2. The van der Waals surface area contributed by atoms with E-state index in [0.29, 0.717) is 11.6 Å². The molecule has 2 aromatic heterocycles. The van der Waals surface area contributed by atoms with Gasteiger partial charge < -0.3 is 5.32 Å². The second-order valence-electron chi connectivity index (χ2n) is 5.91. The average Bonchev–Trinajstić information content (AvgIpc) is 3.11. The highest BCUT2D eigenvalue weighted by Gasteiger charge is 2.30. The number of H-pyrrole nitrogens is 1. The second kappa shape index (κ2) is 6.03. The Bertz CT molecular complexity index is 947. The molecular weight excluding hydrogens is 341 g/mol. The van der Waals surface area contributed by atoms with Gasteiger partial charge >= 0.3 is 0 Å². The standard InChI is InChI=1S/C17H16FN5OS/c1-9-15(10(2)23(22-9)12-5-3-11(18)4-6-12)16-13-7-19-21-17(13)20-14(24)8-25-16/h3-7,16H,8H2,1-2H3,(H2,19,20,21,24). The van der Waals surface area contributed by atoms with Crippen LogP contribution in [0.3, 0.4) is 0 Å². The van der Waals surface area contributed by atoms with Crippen molar-refractivity contribution in [1.29, 1.82) is 0 Å². The Balaban J connectivity index is 1.82. The summed E-state index contributed by atoms with van der Waals surface area (Å²) >= 11 is 1.55. The summed E-state index contributed by atoms with van der Waals surface area (Å²) < 4.78 is 15.0. The van der Waals surface area contributed by atoms with E-state index in [1.807, 2.05) is 18.5 Å². The van der Waals surface area contributed by atoms with Crippen molar-refractivity contribution in [3.05, 3.63) is 58.8 Å². The minimum Gasteiger partial charge on any atom is -0.310 e. The number of thioether (sulfide) groups is 1. The van der Waals surface area contributed by atoms with Crippen molar-refractivity contribution in [2.45, 2.75) is 19.1 Å². The van der Waals surface area contributed by atoms with E-state index in [-0.39, 0.29) is 17.0 Å². The number of nitrogens with zero attached hydrogens (tertiary/aromatic N) is 3. The minimum absolute atomic E-state index is 0.0538. The zero-order valence-corrected chi connectivity index (χ0v) is 14.5. The van der Waals surface area contributed by atoms with Gasteiger partial charge in [-0.2, -0.15) is 10.2 Å². The Hall–Kier alpha value is -2.61. The lowest BCUT2D eigenvalue weighted by atomic mass is 10.0. The number of carbonyl (C=O) groups excluding carboxylic acids is 1. The van der Waals surface area contributed by atoms with Gasteiger partial charge in [0.15, 0.2) is 0 Å². The summed E-state index contributed by atoms with van der Waals surface area (Å²) in [4.78, 5) is 11.9. The number of benzene rings is 1. The topological polar surface area (TPSA) is 75.6 Å².